The minimum Gasteiger partial charge on any atom is -0.373 e. The molecule has 0 saturated carbocycles. The van der Waals surface area contributed by atoms with Gasteiger partial charge in [-0.2, -0.15) is 8.78 Å². The summed E-state index contributed by atoms with van der Waals surface area (Å²) < 4.78 is 67.9. The topological polar surface area (TPSA) is 47.3 Å². The fraction of sp³-hybridized carbons (Fsp3) is 0.455. The molecule has 0 saturated heterocycles. The first-order chi connectivity index (χ1) is 9.70. The van der Waals surface area contributed by atoms with Gasteiger partial charge in [-0.05, 0) is 22.0 Å². The summed E-state index contributed by atoms with van der Waals surface area (Å²) in [6, 6.07) is 1.72. The minimum absolute atomic E-state index is 0.0361. The Kier molecular flexibility index (Phi) is 6.79. The van der Waals surface area contributed by atoms with Gasteiger partial charge in [-0.1, -0.05) is 17.7 Å². The predicted molar refractivity (Wildman–Crippen MR) is 70.9 cm³/mol. The molecule has 0 aliphatic heterocycles. The molecule has 0 spiro atoms. The van der Waals surface area contributed by atoms with E-state index in [9.17, 15) is 22.0 Å². The quantitative estimate of drug-likeness (QED) is 0.319. The third-order valence-corrected chi connectivity index (χ3v) is 3.80. The van der Waals surface area contributed by atoms with Crippen LogP contribution in [0.5, 0.6) is 0 Å². The van der Waals surface area contributed by atoms with Gasteiger partial charge >= 0.3 is 12.3 Å². The fourth-order valence-corrected chi connectivity index (χ4v) is 1.89. The van der Waals surface area contributed by atoms with Crippen LogP contribution in [-0.4, -0.2) is 25.6 Å². The van der Waals surface area contributed by atoms with Crippen molar-refractivity contribution in [2.24, 2.45) is 5.84 Å². The molecule has 1 rings (SSSR count). The average molecular weight is 398 g/mol. The largest absolute Gasteiger partial charge is 0.373 e. The van der Waals surface area contributed by atoms with Gasteiger partial charge in [0.1, 0.15) is 12.4 Å². The first-order valence-electron chi connectivity index (χ1n) is 5.54. The highest BCUT2D eigenvalue weighted by Crippen LogP contribution is 2.30. The maximum Gasteiger partial charge on any atom is 0.330 e. The van der Waals surface area contributed by atoms with E-state index in [1.54, 1.807) is 0 Å². The lowest BCUT2D eigenvalue weighted by Crippen LogP contribution is -2.36. The summed E-state index contributed by atoms with van der Waals surface area (Å²) in [6.07, 6.45) is -3.85. The predicted octanol–water partition coefficient (Wildman–Crippen LogP) is 3.66. The molecule has 1 unspecified atom stereocenters. The zero-order valence-electron chi connectivity index (χ0n) is 10.4. The van der Waals surface area contributed by atoms with E-state index in [4.69, 9.17) is 17.4 Å². The Morgan fingerprint density at radius 2 is 2.00 bits per heavy atom. The van der Waals surface area contributed by atoms with Crippen molar-refractivity contribution < 1.29 is 26.7 Å². The number of ether oxygens (including phenoxy) is 1. The first-order valence-corrected chi connectivity index (χ1v) is 6.71. The molecule has 0 heterocycles. The van der Waals surface area contributed by atoms with Crippen molar-refractivity contribution in [3.8, 4) is 0 Å². The van der Waals surface area contributed by atoms with Crippen LogP contribution < -0.4 is 11.3 Å². The average Bonchev–Trinajstić information content (AvgIpc) is 2.42. The minimum atomic E-state index is -4.28. The van der Waals surface area contributed by atoms with Crippen molar-refractivity contribution in [2.75, 3.05) is 13.2 Å². The first kappa shape index (κ1) is 18.6. The van der Waals surface area contributed by atoms with Gasteiger partial charge in [0.05, 0.1) is 17.7 Å². The molecule has 1 aromatic carbocycles. The molecule has 0 aliphatic carbocycles. The van der Waals surface area contributed by atoms with Crippen molar-refractivity contribution >= 4 is 27.5 Å². The van der Waals surface area contributed by atoms with Crippen LogP contribution in [0, 0.1) is 5.82 Å². The van der Waals surface area contributed by atoms with Gasteiger partial charge in [0.15, 0.2) is 0 Å². The molecule has 3 nitrogen and oxygen atoms in total. The number of hydrogen-bond acceptors (Lipinski definition) is 3. The van der Waals surface area contributed by atoms with Crippen LogP contribution in [0.4, 0.5) is 22.0 Å². The molecule has 3 N–H and O–H groups in total. The highest BCUT2D eigenvalue weighted by molar-refractivity contribution is 9.10. The second-order valence-corrected chi connectivity index (χ2v) is 5.29. The van der Waals surface area contributed by atoms with Crippen LogP contribution in [0.15, 0.2) is 16.6 Å². The van der Waals surface area contributed by atoms with Crippen LogP contribution in [-0.2, 0) is 4.74 Å². The molecule has 1 atom stereocenters. The molecule has 0 bridgehead atoms. The van der Waals surface area contributed by atoms with Gasteiger partial charge in [0.2, 0.25) is 0 Å². The maximum absolute atomic E-state index is 13.9. The van der Waals surface area contributed by atoms with Crippen molar-refractivity contribution in [1.82, 2.24) is 5.43 Å². The number of alkyl halides is 4. The van der Waals surface area contributed by atoms with Gasteiger partial charge in [-0.25, -0.2) is 13.2 Å². The van der Waals surface area contributed by atoms with Gasteiger partial charge < -0.3 is 4.74 Å². The van der Waals surface area contributed by atoms with Crippen LogP contribution in [0.3, 0.4) is 0 Å². The highest BCUT2D eigenvalue weighted by Gasteiger charge is 2.41. The van der Waals surface area contributed by atoms with Crippen molar-refractivity contribution in [3.63, 3.8) is 0 Å². The van der Waals surface area contributed by atoms with Crippen LogP contribution in [0.2, 0.25) is 5.02 Å². The molecule has 1 aromatic rings. The van der Waals surface area contributed by atoms with Crippen LogP contribution in [0.1, 0.15) is 11.6 Å². The third-order valence-electron chi connectivity index (χ3n) is 2.54. The molecule has 21 heavy (non-hydrogen) atoms. The lowest BCUT2D eigenvalue weighted by molar-refractivity contribution is -0.167. The van der Waals surface area contributed by atoms with E-state index >= 15 is 0 Å². The molecule has 0 fully saturated rings. The summed E-state index contributed by atoms with van der Waals surface area (Å²) in [6.45, 7) is -2.04. The second kappa shape index (κ2) is 7.68. The molecule has 120 valence electrons. The summed E-state index contributed by atoms with van der Waals surface area (Å²) in [7, 11) is 0. The molecule has 0 aromatic heterocycles. The summed E-state index contributed by atoms with van der Waals surface area (Å²) in [4.78, 5) is 0. The summed E-state index contributed by atoms with van der Waals surface area (Å²) >= 11 is 8.69. The molecule has 0 aliphatic rings. The van der Waals surface area contributed by atoms with E-state index in [1.807, 2.05) is 0 Å². The number of benzene rings is 1. The molecule has 0 amide bonds. The Balaban J connectivity index is 2.75. The normalized spacial score (nSPS) is 13.8. The maximum atomic E-state index is 13.9. The van der Waals surface area contributed by atoms with Crippen molar-refractivity contribution in [2.45, 2.75) is 18.4 Å². The summed E-state index contributed by atoms with van der Waals surface area (Å²) in [5, 5.41) is -0.217. The summed E-state index contributed by atoms with van der Waals surface area (Å²) in [5.41, 5.74) is 2.11. The molecular weight excluding hydrogens is 386 g/mol. The monoisotopic (exact) mass is 396 g/mol. The Morgan fingerprint density at radius 3 is 2.52 bits per heavy atom. The molecule has 10 heteroatoms. The summed E-state index contributed by atoms with van der Waals surface area (Å²) in [5.74, 6) is 0.0805. The number of hydrogen-bond donors (Lipinski definition) is 2. The zero-order valence-corrected chi connectivity index (χ0v) is 12.7. The van der Waals surface area contributed by atoms with Gasteiger partial charge in [0.25, 0.3) is 0 Å². The van der Waals surface area contributed by atoms with Crippen molar-refractivity contribution in [3.05, 3.63) is 33.0 Å². The molecular formula is C11H11BrClF5N2O. The third kappa shape index (κ3) is 4.75. The fourth-order valence-electron chi connectivity index (χ4n) is 1.41. The van der Waals surface area contributed by atoms with Gasteiger partial charge in [-0.3, -0.25) is 11.3 Å². The SMILES string of the molecule is NNC(COCC(F)(F)C(F)F)c1ccc(Br)c(Cl)c1F. The number of nitrogens with one attached hydrogen (secondary N) is 1. The number of hydrazine groups is 1. The van der Waals surface area contributed by atoms with Crippen molar-refractivity contribution in [1.29, 1.82) is 0 Å². The van der Waals surface area contributed by atoms with E-state index in [2.05, 4.69) is 26.1 Å². The van der Waals surface area contributed by atoms with E-state index in [0.717, 1.165) is 0 Å². The number of nitrogens with two attached hydrogens (primary N) is 1. The lowest BCUT2D eigenvalue weighted by atomic mass is 10.1. The van der Waals surface area contributed by atoms with Crippen LogP contribution >= 0.6 is 27.5 Å². The highest BCUT2D eigenvalue weighted by atomic mass is 79.9. The second-order valence-electron chi connectivity index (χ2n) is 4.06. The van der Waals surface area contributed by atoms with E-state index in [-0.39, 0.29) is 10.6 Å². The zero-order chi connectivity index (χ0) is 16.2. The Morgan fingerprint density at radius 1 is 1.38 bits per heavy atom. The Hall–Kier alpha value is -0.480. The molecule has 0 radical (unpaired) electrons. The Bertz CT molecular complexity index is 492. The van der Waals surface area contributed by atoms with E-state index < -0.39 is 37.4 Å². The standard InChI is InChI=1S/C11H11BrClF5N2O/c12-6-2-1-5(9(14)8(6)13)7(20-19)3-21-4-11(17,18)10(15)16/h1-2,7,10,20H,3-4,19H2. The Labute approximate surface area is 130 Å². The number of halogens is 7. The van der Waals surface area contributed by atoms with E-state index in [0.29, 0.717) is 4.47 Å². The number of rotatable bonds is 7. The van der Waals surface area contributed by atoms with Gasteiger partial charge in [0, 0.05) is 10.0 Å². The lowest BCUT2D eigenvalue weighted by Gasteiger charge is -2.20. The van der Waals surface area contributed by atoms with E-state index in [1.165, 1.54) is 12.1 Å². The van der Waals surface area contributed by atoms with Crippen LogP contribution in [0.25, 0.3) is 0 Å². The smallest absolute Gasteiger partial charge is 0.330 e. The van der Waals surface area contributed by atoms with Gasteiger partial charge in [-0.15, -0.1) is 0 Å².